The van der Waals surface area contributed by atoms with Gasteiger partial charge >= 0.3 is 0 Å². The summed E-state index contributed by atoms with van der Waals surface area (Å²) in [5.74, 6) is -0.428. The number of aliphatic hydroxyl groups excluding tert-OH is 1. The summed E-state index contributed by atoms with van der Waals surface area (Å²) in [6.45, 7) is 6.11. The molecule has 6 nitrogen and oxygen atoms in total. The summed E-state index contributed by atoms with van der Waals surface area (Å²) in [5.41, 5.74) is 0.208. The highest BCUT2D eigenvalue weighted by Gasteiger charge is 2.18. The lowest BCUT2D eigenvalue weighted by Gasteiger charge is -2.23. The predicted molar refractivity (Wildman–Crippen MR) is 72.2 cm³/mol. The van der Waals surface area contributed by atoms with Crippen LogP contribution in [0, 0.1) is 0 Å². The van der Waals surface area contributed by atoms with Crippen molar-refractivity contribution in [2.45, 2.75) is 37.3 Å². The van der Waals surface area contributed by atoms with Gasteiger partial charge in [0.15, 0.2) is 0 Å². The van der Waals surface area contributed by atoms with Crippen molar-refractivity contribution in [2.24, 2.45) is 5.14 Å². The first kappa shape index (κ1) is 15.9. The number of hydrogen-bond donors (Lipinski definition) is 4. The number of nitrogens with one attached hydrogen (secondary N) is 1. The van der Waals surface area contributed by atoms with Gasteiger partial charge in [0, 0.05) is 12.1 Å². The topological polar surface area (TPSA) is 113 Å². The van der Waals surface area contributed by atoms with Gasteiger partial charge in [-0.25, -0.2) is 13.6 Å². The predicted octanol–water partition coefficient (Wildman–Crippen LogP) is 0.461. The first-order valence-corrected chi connectivity index (χ1v) is 7.34. The molecule has 19 heavy (non-hydrogen) atoms. The van der Waals surface area contributed by atoms with E-state index in [1.165, 1.54) is 18.2 Å². The number of nitrogens with two attached hydrogens (primary N) is 1. The number of sulfonamides is 1. The molecular formula is C12H20N2O4S. The van der Waals surface area contributed by atoms with E-state index in [4.69, 9.17) is 5.14 Å². The number of aliphatic hydroxyl groups is 1. The van der Waals surface area contributed by atoms with E-state index in [1.54, 1.807) is 0 Å². The van der Waals surface area contributed by atoms with Gasteiger partial charge in [0.2, 0.25) is 10.0 Å². The Balaban J connectivity index is 2.97. The van der Waals surface area contributed by atoms with Crippen molar-refractivity contribution in [3.05, 3.63) is 23.8 Å². The first-order valence-electron chi connectivity index (χ1n) is 5.79. The second-order valence-corrected chi connectivity index (χ2v) is 6.95. The molecule has 0 amide bonds. The van der Waals surface area contributed by atoms with Crippen LogP contribution in [0.2, 0.25) is 0 Å². The highest BCUT2D eigenvalue weighted by atomic mass is 32.2. The van der Waals surface area contributed by atoms with E-state index >= 15 is 0 Å². The molecule has 0 aliphatic carbocycles. The van der Waals surface area contributed by atoms with E-state index in [0.29, 0.717) is 5.56 Å². The summed E-state index contributed by atoms with van der Waals surface area (Å²) in [4.78, 5) is -0.389. The van der Waals surface area contributed by atoms with Gasteiger partial charge in [0.05, 0.1) is 6.10 Å². The number of rotatable bonds is 4. The second kappa shape index (κ2) is 5.46. The molecule has 108 valence electrons. The van der Waals surface area contributed by atoms with Crippen molar-refractivity contribution < 1.29 is 18.6 Å². The van der Waals surface area contributed by atoms with E-state index in [1.807, 2.05) is 20.8 Å². The fourth-order valence-electron chi connectivity index (χ4n) is 1.49. The zero-order chi connectivity index (χ0) is 14.8. The normalized spacial score (nSPS) is 14.4. The van der Waals surface area contributed by atoms with Crippen LogP contribution in [0.5, 0.6) is 5.75 Å². The number of phenolic OH excluding ortho intramolecular Hbond substituents is 1. The van der Waals surface area contributed by atoms with Crippen LogP contribution in [0.25, 0.3) is 0 Å². The van der Waals surface area contributed by atoms with Crippen molar-refractivity contribution in [3.8, 4) is 5.75 Å². The standard InChI is InChI=1S/C12H20N2O4S/c1-12(2,3)14-7-10(16)8-4-5-9(15)11(6-8)19(13,17)18/h4-6,10,14-16H,7H2,1-3H3,(H2,13,17,18). The molecule has 7 heteroatoms. The van der Waals surface area contributed by atoms with E-state index in [2.05, 4.69) is 5.32 Å². The third-order valence-corrected chi connectivity index (χ3v) is 3.44. The van der Waals surface area contributed by atoms with Gasteiger partial charge in [-0.15, -0.1) is 0 Å². The Hall–Kier alpha value is -1.15. The Morgan fingerprint density at radius 2 is 1.95 bits per heavy atom. The summed E-state index contributed by atoms with van der Waals surface area (Å²) < 4.78 is 22.5. The van der Waals surface area contributed by atoms with Crippen LogP contribution in [0.3, 0.4) is 0 Å². The molecule has 0 bridgehead atoms. The molecule has 0 radical (unpaired) electrons. The Morgan fingerprint density at radius 3 is 2.42 bits per heavy atom. The number of benzene rings is 1. The fraction of sp³-hybridized carbons (Fsp3) is 0.500. The minimum atomic E-state index is -4.01. The molecule has 0 aromatic heterocycles. The lowest BCUT2D eigenvalue weighted by Crippen LogP contribution is -2.38. The maximum Gasteiger partial charge on any atom is 0.241 e. The molecule has 0 aliphatic rings. The molecular weight excluding hydrogens is 268 g/mol. The maximum atomic E-state index is 11.3. The molecule has 0 aliphatic heterocycles. The zero-order valence-electron chi connectivity index (χ0n) is 11.2. The van der Waals surface area contributed by atoms with Crippen LogP contribution in [0.15, 0.2) is 23.1 Å². The van der Waals surface area contributed by atoms with Gasteiger partial charge in [-0.05, 0) is 38.5 Å². The van der Waals surface area contributed by atoms with Crippen molar-refractivity contribution in [1.29, 1.82) is 0 Å². The van der Waals surface area contributed by atoms with Gasteiger partial charge in [-0.1, -0.05) is 6.07 Å². The van der Waals surface area contributed by atoms with Gasteiger partial charge in [-0.3, -0.25) is 0 Å². The number of aromatic hydroxyl groups is 1. The summed E-state index contributed by atoms with van der Waals surface area (Å²) in [6.07, 6.45) is -0.889. The van der Waals surface area contributed by atoms with Gasteiger partial charge in [0.25, 0.3) is 0 Å². The fourth-order valence-corrected chi connectivity index (χ4v) is 2.15. The molecule has 0 spiro atoms. The average Bonchev–Trinajstić information content (AvgIpc) is 2.24. The minimum absolute atomic E-state index is 0.166. The number of β-amino-alcohol motifs (C(OH)–C–C–N with tert-alkyl or cyclic N) is 1. The minimum Gasteiger partial charge on any atom is -0.507 e. The van der Waals surface area contributed by atoms with Crippen molar-refractivity contribution >= 4 is 10.0 Å². The highest BCUT2D eigenvalue weighted by molar-refractivity contribution is 7.89. The van der Waals surface area contributed by atoms with Gasteiger partial charge in [-0.2, -0.15) is 0 Å². The molecule has 1 aromatic rings. The molecule has 1 unspecified atom stereocenters. The van der Waals surface area contributed by atoms with Crippen LogP contribution in [-0.2, 0) is 10.0 Å². The van der Waals surface area contributed by atoms with E-state index in [0.717, 1.165) is 0 Å². The van der Waals surface area contributed by atoms with Crippen molar-refractivity contribution in [3.63, 3.8) is 0 Å². The first-order chi connectivity index (χ1) is 8.50. The third kappa shape index (κ3) is 4.79. The van der Waals surface area contributed by atoms with Crippen molar-refractivity contribution in [1.82, 2.24) is 5.32 Å². The lowest BCUT2D eigenvalue weighted by molar-refractivity contribution is 0.163. The SMILES string of the molecule is CC(C)(C)NCC(O)c1ccc(O)c(S(N)(=O)=O)c1. The van der Waals surface area contributed by atoms with Gasteiger partial charge in [0.1, 0.15) is 10.6 Å². The number of hydrogen-bond acceptors (Lipinski definition) is 5. The third-order valence-electron chi connectivity index (χ3n) is 2.50. The highest BCUT2D eigenvalue weighted by Crippen LogP contribution is 2.25. The Bertz CT molecular complexity index is 549. The molecule has 0 saturated heterocycles. The molecule has 0 heterocycles. The van der Waals surface area contributed by atoms with Crippen LogP contribution in [0.1, 0.15) is 32.4 Å². The molecule has 0 saturated carbocycles. The molecule has 5 N–H and O–H groups in total. The summed E-state index contributed by atoms with van der Waals surface area (Å²) in [5, 5.41) is 27.5. The smallest absolute Gasteiger partial charge is 0.241 e. The zero-order valence-corrected chi connectivity index (χ0v) is 12.0. The molecule has 0 fully saturated rings. The second-order valence-electron chi connectivity index (χ2n) is 5.42. The quantitative estimate of drug-likeness (QED) is 0.643. The summed E-state index contributed by atoms with van der Waals surface area (Å²) in [6, 6.07) is 3.84. The van der Waals surface area contributed by atoms with Crippen LogP contribution in [0.4, 0.5) is 0 Å². The summed E-state index contributed by atoms with van der Waals surface area (Å²) >= 11 is 0. The Morgan fingerprint density at radius 1 is 1.37 bits per heavy atom. The van der Waals surface area contributed by atoms with Crippen LogP contribution >= 0.6 is 0 Å². The lowest BCUT2D eigenvalue weighted by atomic mass is 10.1. The molecule has 1 aromatic carbocycles. The average molecular weight is 288 g/mol. The number of primary sulfonamides is 1. The largest absolute Gasteiger partial charge is 0.507 e. The molecule has 1 atom stereocenters. The summed E-state index contributed by atoms with van der Waals surface area (Å²) in [7, 11) is -4.01. The Kier molecular flexibility index (Phi) is 4.57. The number of phenols is 1. The molecule has 1 rings (SSSR count). The van der Waals surface area contributed by atoms with Crippen molar-refractivity contribution in [2.75, 3.05) is 6.54 Å². The van der Waals surface area contributed by atoms with Crippen LogP contribution in [-0.4, -0.2) is 30.7 Å². The maximum absolute atomic E-state index is 11.3. The van der Waals surface area contributed by atoms with E-state index < -0.39 is 21.9 Å². The monoisotopic (exact) mass is 288 g/mol. The Labute approximate surface area is 113 Å². The van der Waals surface area contributed by atoms with Crippen LogP contribution < -0.4 is 10.5 Å². The van der Waals surface area contributed by atoms with E-state index in [-0.39, 0.29) is 17.0 Å². The van der Waals surface area contributed by atoms with E-state index in [9.17, 15) is 18.6 Å². The van der Waals surface area contributed by atoms with Gasteiger partial charge < -0.3 is 15.5 Å².